The van der Waals surface area contributed by atoms with Crippen LogP contribution in [0.25, 0.3) is 11.2 Å². The lowest BCUT2D eigenvalue weighted by Gasteiger charge is -2.37. The number of pyridine rings is 1. The highest BCUT2D eigenvalue weighted by Crippen LogP contribution is 2.44. The first kappa shape index (κ1) is 26.9. The third kappa shape index (κ3) is 5.50. The molecule has 0 radical (unpaired) electrons. The third-order valence-corrected chi connectivity index (χ3v) is 9.89. The summed E-state index contributed by atoms with van der Waals surface area (Å²) in [6, 6.07) is 9.97. The minimum Gasteiger partial charge on any atom is -0.381 e. The largest absolute Gasteiger partial charge is 0.381 e. The van der Waals surface area contributed by atoms with Crippen molar-refractivity contribution in [3.8, 4) is 0 Å². The number of alkyl halides is 1. The number of fused-ring (bicyclic) bond motifs is 2. The molecule has 0 amide bonds. The molecular weight excluding hydrogens is 516 g/mol. The number of rotatable bonds is 8. The number of likely N-dealkylation sites (tertiary alicyclic amines) is 1. The second-order valence-electron chi connectivity index (χ2n) is 11.0. The molecule has 2 aliphatic heterocycles. The van der Waals surface area contributed by atoms with Gasteiger partial charge < -0.3 is 18.6 Å². The Morgan fingerprint density at radius 2 is 2.00 bits per heavy atom. The van der Waals surface area contributed by atoms with Gasteiger partial charge in [-0.05, 0) is 91.5 Å². The van der Waals surface area contributed by atoms with Gasteiger partial charge in [-0.3, -0.25) is 13.9 Å². The molecule has 39 heavy (non-hydrogen) atoms. The number of allylic oxidation sites excluding steroid dienone is 1. The molecule has 2 fully saturated rings. The molecular formula is C30H37FN3O4P. The van der Waals surface area contributed by atoms with Crippen LogP contribution < -0.4 is 5.30 Å². The van der Waals surface area contributed by atoms with E-state index < -0.39 is 7.60 Å². The molecule has 208 valence electrons. The van der Waals surface area contributed by atoms with Crippen LogP contribution >= 0.6 is 7.60 Å². The molecule has 2 saturated heterocycles. The molecule has 9 heteroatoms. The molecule has 1 N–H and O–H groups in total. The number of imidazole rings is 1. The maximum Gasteiger partial charge on any atom is 0.358 e. The van der Waals surface area contributed by atoms with Gasteiger partial charge in [0.25, 0.3) is 0 Å². The predicted octanol–water partition coefficient (Wildman–Crippen LogP) is 5.15. The van der Waals surface area contributed by atoms with Gasteiger partial charge in [-0.1, -0.05) is 11.6 Å². The lowest BCUT2D eigenvalue weighted by Crippen LogP contribution is -2.46. The Morgan fingerprint density at radius 3 is 2.77 bits per heavy atom. The van der Waals surface area contributed by atoms with Crippen LogP contribution in [0.2, 0.25) is 0 Å². The minimum atomic E-state index is -3.86. The third-order valence-electron chi connectivity index (χ3n) is 8.35. The van der Waals surface area contributed by atoms with Gasteiger partial charge in [0.2, 0.25) is 0 Å². The molecule has 0 saturated carbocycles. The van der Waals surface area contributed by atoms with E-state index in [0.717, 1.165) is 93.0 Å². The fourth-order valence-electron chi connectivity index (χ4n) is 6.42. The lowest BCUT2D eigenvalue weighted by molar-refractivity contribution is 0.0727. The molecule has 1 atom stereocenters. The van der Waals surface area contributed by atoms with Crippen LogP contribution in [0.1, 0.15) is 55.0 Å². The molecule has 1 aliphatic carbocycles. The second-order valence-corrected chi connectivity index (χ2v) is 12.9. The van der Waals surface area contributed by atoms with Crippen molar-refractivity contribution in [2.75, 3.05) is 39.6 Å². The maximum atomic E-state index is 12.9. The molecule has 3 aromatic rings. The van der Waals surface area contributed by atoms with Crippen LogP contribution in [0.15, 0.2) is 48.3 Å². The number of halogens is 1. The van der Waals surface area contributed by atoms with Gasteiger partial charge in [0.1, 0.15) is 5.65 Å². The van der Waals surface area contributed by atoms with Gasteiger partial charge in [0, 0.05) is 51.2 Å². The highest BCUT2D eigenvalue weighted by atomic mass is 31.2. The van der Waals surface area contributed by atoms with Crippen molar-refractivity contribution in [3.63, 3.8) is 0 Å². The zero-order chi connectivity index (χ0) is 27.0. The van der Waals surface area contributed by atoms with Crippen molar-refractivity contribution >= 4 is 24.1 Å². The van der Waals surface area contributed by atoms with E-state index in [9.17, 15) is 13.8 Å². The van der Waals surface area contributed by atoms with Crippen molar-refractivity contribution < 1.29 is 23.1 Å². The first-order valence-electron chi connectivity index (χ1n) is 14.1. The van der Waals surface area contributed by atoms with Crippen LogP contribution in [0.4, 0.5) is 4.39 Å². The zero-order valence-electron chi connectivity index (χ0n) is 22.5. The van der Waals surface area contributed by atoms with E-state index in [1.54, 1.807) is 13.0 Å². The summed E-state index contributed by atoms with van der Waals surface area (Å²) in [5, 5.41) is 0.353. The summed E-state index contributed by atoms with van der Waals surface area (Å²) in [7, 11) is -3.86. The van der Waals surface area contributed by atoms with Crippen molar-refractivity contribution in [1.29, 1.82) is 0 Å². The van der Waals surface area contributed by atoms with Crippen LogP contribution in [0.3, 0.4) is 0 Å². The van der Waals surface area contributed by atoms with Crippen LogP contribution in [-0.2, 0) is 26.8 Å². The Morgan fingerprint density at radius 1 is 1.18 bits per heavy atom. The van der Waals surface area contributed by atoms with E-state index in [2.05, 4.69) is 33.8 Å². The van der Waals surface area contributed by atoms with Gasteiger partial charge in [0.15, 0.2) is 0 Å². The highest BCUT2D eigenvalue weighted by molar-refractivity contribution is 7.61. The lowest BCUT2D eigenvalue weighted by atomic mass is 9.82. The van der Waals surface area contributed by atoms with Crippen molar-refractivity contribution in [2.45, 2.75) is 45.6 Å². The molecule has 3 aliphatic rings. The van der Waals surface area contributed by atoms with Crippen LogP contribution in [-0.4, -0.2) is 58.8 Å². The number of aromatic nitrogens is 2. The molecule has 6 rings (SSSR count). The maximum absolute atomic E-state index is 12.9. The molecule has 2 aromatic heterocycles. The highest BCUT2D eigenvalue weighted by Gasteiger charge is 2.30. The molecule has 7 nitrogen and oxygen atoms in total. The summed E-state index contributed by atoms with van der Waals surface area (Å²) in [6.07, 6.45) is 8.98. The SMILES string of the molecule is CCOP(=O)(O)c1ccc2c(c1)CCCC(C1CCOCC1)=C2c1ccn2cc(CN3CC(CF)C3)nc2c1. The number of ether oxygens (including phenoxy) is 1. The Hall–Kier alpha value is -2.35. The van der Waals surface area contributed by atoms with E-state index >= 15 is 0 Å². The van der Waals surface area contributed by atoms with Crippen molar-refractivity contribution in [2.24, 2.45) is 11.8 Å². The van der Waals surface area contributed by atoms with Crippen molar-refractivity contribution in [3.05, 3.63) is 70.7 Å². The summed E-state index contributed by atoms with van der Waals surface area (Å²) in [5.41, 5.74) is 7.90. The Kier molecular flexibility index (Phi) is 7.75. The number of hydrogen-bond donors (Lipinski definition) is 1. The first-order chi connectivity index (χ1) is 18.9. The van der Waals surface area contributed by atoms with Gasteiger partial charge in [-0.2, -0.15) is 0 Å². The van der Waals surface area contributed by atoms with E-state index in [1.165, 1.54) is 11.1 Å². The Bertz CT molecular complexity index is 1420. The summed E-state index contributed by atoms with van der Waals surface area (Å²) >= 11 is 0. The zero-order valence-corrected chi connectivity index (χ0v) is 23.4. The van der Waals surface area contributed by atoms with Gasteiger partial charge in [-0.25, -0.2) is 4.98 Å². The molecule has 1 unspecified atom stereocenters. The quantitative estimate of drug-likeness (QED) is 0.389. The number of hydrogen-bond acceptors (Lipinski definition) is 5. The van der Waals surface area contributed by atoms with Crippen LogP contribution in [0.5, 0.6) is 0 Å². The average Bonchev–Trinajstić information content (AvgIpc) is 3.22. The molecule has 0 spiro atoms. The fourth-order valence-corrected chi connectivity index (χ4v) is 7.50. The molecule has 4 heterocycles. The number of benzene rings is 1. The Labute approximate surface area is 229 Å². The number of nitrogens with zero attached hydrogens (tertiary/aromatic N) is 3. The van der Waals surface area contributed by atoms with Crippen LogP contribution in [0, 0.1) is 11.8 Å². The summed E-state index contributed by atoms with van der Waals surface area (Å²) in [5.74, 6) is 0.612. The van der Waals surface area contributed by atoms with E-state index in [0.29, 0.717) is 11.2 Å². The van der Waals surface area contributed by atoms with Gasteiger partial charge in [0.05, 0.1) is 24.3 Å². The Balaban J connectivity index is 1.41. The van der Waals surface area contributed by atoms with Crippen molar-refractivity contribution in [1.82, 2.24) is 14.3 Å². The summed E-state index contributed by atoms with van der Waals surface area (Å²) < 4.78 is 38.7. The van der Waals surface area contributed by atoms with E-state index in [-0.39, 0.29) is 19.2 Å². The molecule has 0 bridgehead atoms. The first-order valence-corrected chi connectivity index (χ1v) is 15.7. The van der Waals surface area contributed by atoms with Gasteiger partial charge in [-0.15, -0.1) is 0 Å². The topological polar surface area (TPSA) is 76.3 Å². The average molecular weight is 554 g/mol. The predicted molar refractivity (Wildman–Crippen MR) is 150 cm³/mol. The normalized spacial score (nSPS) is 21.0. The second kappa shape index (κ2) is 11.3. The fraction of sp³-hybridized carbons (Fsp3) is 0.500. The summed E-state index contributed by atoms with van der Waals surface area (Å²) in [6.45, 7) is 5.53. The van der Waals surface area contributed by atoms with E-state index in [1.807, 2.05) is 12.1 Å². The monoisotopic (exact) mass is 553 g/mol. The van der Waals surface area contributed by atoms with Gasteiger partial charge >= 0.3 is 7.60 Å². The standard InChI is InChI=1S/C30H37FN3O4P/c1-2-38-39(35,36)26-6-7-28-23(14-26)4-3-5-27(22-9-12-37-13-10-22)30(28)24-8-11-34-20-25(32-29(34)15-24)19-33-17-21(16-31)18-33/h6-8,11,14-15,20-22H,2-5,9-10,12-13,16-19H2,1H3,(H,35,36). The smallest absolute Gasteiger partial charge is 0.358 e. The molecule has 1 aromatic carbocycles. The van der Waals surface area contributed by atoms with E-state index in [4.69, 9.17) is 14.2 Å². The summed E-state index contributed by atoms with van der Waals surface area (Å²) in [4.78, 5) is 17.7. The number of aryl methyl sites for hydroxylation is 1. The minimum absolute atomic E-state index is 0.160.